The van der Waals surface area contributed by atoms with Gasteiger partial charge in [0.05, 0.1) is 28.0 Å². The van der Waals surface area contributed by atoms with E-state index < -0.39 is 9.84 Å². The van der Waals surface area contributed by atoms with E-state index in [4.69, 9.17) is 16.3 Å². The second-order valence-electron chi connectivity index (χ2n) is 7.96. The van der Waals surface area contributed by atoms with Gasteiger partial charge in [-0.1, -0.05) is 22.9 Å². The molecule has 33 heavy (non-hydrogen) atoms. The second-order valence-corrected chi connectivity index (χ2v) is 11.5. The Morgan fingerprint density at radius 2 is 1.82 bits per heavy atom. The van der Waals surface area contributed by atoms with E-state index in [9.17, 15) is 13.2 Å². The summed E-state index contributed by atoms with van der Waals surface area (Å²) in [7, 11) is 1.91. The molecular weight excluding hydrogens is 482 g/mol. The van der Waals surface area contributed by atoms with Gasteiger partial charge in [0.25, 0.3) is 0 Å². The molecule has 1 amide bonds. The summed E-state index contributed by atoms with van der Waals surface area (Å²) in [6.07, 6.45) is 0.333. The molecule has 0 aliphatic carbocycles. The Morgan fingerprint density at radius 3 is 2.45 bits per heavy atom. The highest BCUT2D eigenvalue weighted by atomic mass is 35.5. The molecule has 3 rings (SSSR count). The lowest BCUT2D eigenvalue weighted by molar-refractivity contribution is -0.118. The summed E-state index contributed by atoms with van der Waals surface area (Å²) in [5.41, 5.74) is 1.66. The van der Waals surface area contributed by atoms with Gasteiger partial charge in [0.1, 0.15) is 5.75 Å². The Bertz CT molecular complexity index is 1220. The Balaban J connectivity index is 1.73. The SMILES string of the molecule is COc1ccc(S(=O)(=O)CCCC(=O)N(CCN(C)C)c2nc3c(C)c(Cl)ccc3s2)cc1. The maximum absolute atomic E-state index is 13.1. The minimum atomic E-state index is -3.49. The van der Waals surface area contributed by atoms with Crippen molar-refractivity contribution in [3.8, 4) is 5.75 Å². The van der Waals surface area contributed by atoms with E-state index in [1.807, 2.05) is 38.1 Å². The van der Waals surface area contributed by atoms with Crippen LogP contribution in [0, 0.1) is 6.92 Å². The minimum Gasteiger partial charge on any atom is -0.497 e. The second kappa shape index (κ2) is 10.8. The lowest BCUT2D eigenvalue weighted by atomic mass is 10.2. The van der Waals surface area contributed by atoms with E-state index in [1.165, 1.54) is 30.6 Å². The number of aryl methyl sites for hydroxylation is 1. The van der Waals surface area contributed by atoms with Gasteiger partial charge < -0.3 is 9.64 Å². The number of benzene rings is 2. The fourth-order valence-electron chi connectivity index (χ4n) is 3.28. The molecule has 0 unspecified atom stereocenters. The van der Waals surface area contributed by atoms with Crippen molar-refractivity contribution < 1.29 is 17.9 Å². The molecule has 178 valence electrons. The number of anilines is 1. The normalized spacial score (nSPS) is 11.8. The largest absolute Gasteiger partial charge is 0.497 e. The summed E-state index contributed by atoms with van der Waals surface area (Å²) < 4.78 is 31.4. The van der Waals surface area contributed by atoms with Crippen LogP contribution in [0.4, 0.5) is 5.13 Å². The zero-order valence-corrected chi connectivity index (χ0v) is 21.6. The number of halogens is 1. The monoisotopic (exact) mass is 509 g/mol. The number of ether oxygens (including phenoxy) is 1. The lowest BCUT2D eigenvalue weighted by Gasteiger charge is -2.22. The smallest absolute Gasteiger partial charge is 0.228 e. The van der Waals surface area contributed by atoms with Crippen molar-refractivity contribution in [2.45, 2.75) is 24.7 Å². The summed E-state index contributed by atoms with van der Waals surface area (Å²) in [5, 5.41) is 1.23. The highest BCUT2D eigenvalue weighted by molar-refractivity contribution is 7.91. The molecule has 1 aromatic heterocycles. The van der Waals surface area contributed by atoms with Gasteiger partial charge >= 0.3 is 0 Å². The molecule has 0 bridgehead atoms. The Morgan fingerprint density at radius 1 is 1.12 bits per heavy atom. The highest BCUT2D eigenvalue weighted by Gasteiger charge is 2.22. The average molecular weight is 510 g/mol. The molecule has 0 fully saturated rings. The molecule has 0 atom stereocenters. The summed E-state index contributed by atoms with van der Waals surface area (Å²) in [5.74, 6) is 0.332. The number of thiazole rings is 1. The van der Waals surface area contributed by atoms with Crippen LogP contribution >= 0.6 is 22.9 Å². The fraction of sp³-hybridized carbons (Fsp3) is 0.391. The molecule has 3 aromatic rings. The van der Waals surface area contributed by atoms with Crippen molar-refractivity contribution in [1.82, 2.24) is 9.88 Å². The number of methoxy groups -OCH3 is 1. The van der Waals surface area contributed by atoms with Gasteiger partial charge in [0, 0.05) is 24.5 Å². The number of sulfone groups is 1. The van der Waals surface area contributed by atoms with Crippen LogP contribution in [-0.2, 0) is 14.6 Å². The maximum Gasteiger partial charge on any atom is 0.228 e. The molecule has 0 saturated heterocycles. The molecule has 0 aliphatic heterocycles. The van der Waals surface area contributed by atoms with Gasteiger partial charge in [-0.2, -0.15) is 0 Å². The van der Waals surface area contributed by atoms with Crippen LogP contribution in [0.5, 0.6) is 5.75 Å². The quantitative estimate of drug-likeness (QED) is 0.402. The van der Waals surface area contributed by atoms with Gasteiger partial charge in [-0.05, 0) is 69.4 Å². The van der Waals surface area contributed by atoms with Crippen LogP contribution in [0.3, 0.4) is 0 Å². The van der Waals surface area contributed by atoms with Crippen LogP contribution in [0.15, 0.2) is 41.3 Å². The lowest BCUT2D eigenvalue weighted by Crippen LogP contribution is -2.36. The third kappa shape index (κ3) is 6.23. The Hall–Kier alpha value is -2.20. The molecule has 0 saturated carbocycles. The van der Waals surface area contributed by atoms with E-state index in [-0.39, 0.29) is 29.4 Å². The molecule has 10 heteroatoms. The number of amides is 1. The van der Waals surface area contributed by atoms with Crippen molar-refractivity contribution in [3.63, 3.8) is 0 Å². The summed E-state index contributed by atoms with van der Waals surface area (Å²) in [4.78, 5) is 21.7. The van der Waals surface area contributed by atoms with Crippen molar-refractivity contribution in [2.24, 2.45) is 0 Å². The van der Waals surface area contributed by atoms with Crippen LogP contribution in [0.25, 0.3) is 10.2 Å². The standard InChI is InChI=1S/C23H28ClN3O4S2/c1-16-19(24)11-12-20-22(16)25-23(32-20)27(14-13-26(2)3)21(28)6-5-15-33(29,30)18-9-7-17(31-4)8-10-18/h7-12H,5-6,13-15H2,1-4H3. The third-order valence-corrected chi connectivity index (χ3v) is 8.53. The van der Waals surface area contributed by atoms with Gasteiger partial charge in [-0.25, -0.2) is 13.4 Å². The first-order valence-corrected chi connectivity index (χ1v) is 13.3. The van der Waals surface area contributed by atoms with E-state index >= 15 is 0 Å². The molecule has 0 N–H and O–H groups in total. The zero-order valence-electron chi connectivity index (χ0n) is 19.2. The number of rotatable bonds is 10. The maximum atomic E-state index is 13.1. The number of hydrogen-bond donors (Lipinski definition) is 0. The predicted molar refractivity (Wildman–Crippen MR) is 135 cm³/mol. The van der Waals surface area contributed by atoms with E-state index in [1.54, 1.807) is 17.0 Å². The first-order valence-electron chi connectivity index (χ1n) is 10.5. The number of carbonyl (C=O) groups excluding carboxylic acids is 1. The van der Waals surface area contributed by atoms with Crippen molar-refractivity contribution >= 4 is 54.0 Å². The number of aromatic nitrogens is 1. The van der Waals surface area contributed by atoms with Crippen LogP contribution in [-0.4, -0.2) is 64.3 Å². The van der Waals surface area contributed by atoms with Crippen molar-refractivity contribution in [2.75, 3.05) is 44.9 Å². The number of hydrogen-bond acceptors (Lipinski definition) is 7. The van der Waals surface area contributed by atoms with Gasteiger partial charge in [0.15, 0.2) is 15.0 Å². The van der Waals surface area contributed by atoms with E-state index in [0.29, 0.717) is 29.0 Å². The number of likely N-dealkylation sites (N-methyl/N-ethyl adjacent to an activating group) is 1. The minimum absolute atomic E-state index is 0.110. The van der Waals surface area contributed by atoms with Crippen molar-refractivity contribution in [3.05, 3.63) is 47.0 Å². The van der Waals surface area contributed by atoms with Crippen LogP contribution < -0.4 is 9.64 Å². The molecular formula is C23H28ClN3O4S2. The Labute approximate surface area is 203 Å². The van der Waals surface area contributed by atoms with Gasteiger partial charge in [-0.3, -0.25) is 9.69 Å². The molecule has 2 aromatic carbocycles. The highest BCUT2D eigenvalue weighted by Crippen LogP contribution is 2.34. The average Bonchev–Trinajstić information content (AvgIpc) is 3.21. The predicted octanol–water partition coefficient (Wildman–Crippen LogP) is 4.42. The molecule has 0 aliphatic rings. The molecule has 7 nitrogen and oxygen atoms in total. The molecule has 1 heterocycles. The summed E-state index contributed by atoms with van der Waals surface area (Å²) in [6, 6.07) is 10.0. The summed E-state index contributed by atoms with van der Waals surface area (Å²) >= 11 is 7.67. The number of fused-ring (bicyclic) bond motifs is 1. The third-order valence-electron chi connectivity index (χ3n) is 5.26. The molecule has 0 spiro atoms. The zero-order chi connectivity index (χ0) is 24.2. The Kier molecular flexibility index (Phi) is 8.33. The number of nitrogens with zero attached hydrogens (tertiary/aromatic N) is 3. The van der Waals surface area contributed by atoms with Crippen LogP contribution in [0.2, 0.25) is 5.02 Å². The van der Waals surface area contributed by atoms with Gasteiger partial charge in [0.2, 0.25) is 5.91 Å². The summed E-state index contributed by atoms with van der Waals surface area (Å²) in [6.45, 7) is 3.03. The van der Waals surface area contributed by atoms with E-state index in [2.05, 4.69) is 4.98 Å². The molecule has 0 radical (unpaired) electrons. The first kappa shape index (κ1) is 25.4. The topological polar surface area (TPSA) is 79.8 Å². The van der Waals surface area contributed by atoms with Gasteiger partial charge in [-0.15, -0.1) is 0 Å². The number of carbonyl (C=O) groups is 1. The fourth-order valence-corrected chi connectivity index (χ4v) is 5.81. The first-order chi connectivity index (χ1) is 15.6. The van der Waals surface area contributed by atoms with Crippen LogP contribution in [0.1, 0.15) is 18.4 Å². The van der Waals surface area contributed by atoms with Crippen molar-refractivity contribution in [1.29, 1.82) is 0 Å². The van der Waals surface area contributed by atoms with E-state index in [0.717, 1.165) is 15.8 Å².